The Kier molecular flexibility index (Phi) is 39.7. The van der Waals surface area contributed by atoms with Crippen molar-refractivity contribution in [2.75, 3.05) is 79.4 Å². The van der Waals surface area contributed by atoms with Crippen LogP contribution in [0.3, 0.4) is 0 Å². The molecule has 0 spiro atoms. The second-order valence-electron chi connectivity index (χ2n) is 19.8. The molecule has 0 aliphatic carbocycles. The Hall–Kier alpha value is -2.81. The number of amides is 5. The number of carbonyl (C=O) groups is 5. The van der Waals surface area contributed by atoms with Crippen LogP contribution < -0.4 is 21.3 Å². The second kappa shape index (κ2) is 43.9. The average molecular weight is 977 g/mol. The minimum Gasteiger partial charge on any atom is -0.379 e. The molecule has 402 valence electrons. The Morgan fingerprint density at radius 1 is 0.464 bits per heavy atom. The highest BCUT2D eigenvalue weighted by Crippen LogP contribution is 2.22. The van der Waals surface area contributed by atoms with Crippen LogP contribution in [0.25, 0.3) is 0 Å². The predicted molar refractivity (Wildman–Crippen MR) is 279 cm³/mol. The normalized spacial score (nSPS) is 16.3. The highest BCUT2D eigenvalue weighted by molar-refractivity contribution is 5.92. The molecule has 2 aliphatic heterocycles. The summed E-state index contributed by atoms with van der Waals surface area (Å²) >= 11 is 0. The minimum atomic E-state index is -0.773. The molecule has 69 heavy (non-hydrogen) atoms. The molecule has 0 saturated carbocycles. The smallest absolute Gasteiger partial charge is 0.243 e. The van der Waals surface area contributed by atoms with Gasteiger partial charge in [-0.25, -0.2) is 0 Å². The van der Waals surface area contributed by atoms with Crippen molar-refractivity contribution in [1.82, 2.24) is 31.1 Å². The first kappa shape index (κ1) is 62.3. The summed E-state index contributed by atoms with van der Waals surface area (Å²) in [5.41, 5.74) is 0. The van der Waals surface area contributed by atoms with Crippen molar-refractivity contribution >= 4 is 29.5 Å². The third-order valence-corrected chi connectivity index (χ3v) is 13.8. The highest BCUT2D eigenvalue weighted by atomic mass is 16.5. The summed E-state index contributed by atoms with van der Waals surface area (Å²) in [4.78, 5) is 70.7. The van der Waals surface area contributed by atoms with Gasteiger partial charge in [-0.2, -0.15) is 0 Å². The van der Waals surface area contributed by atoms with Gasteiger partial charge in [-0.1, -0.05) is 142 Å². The molecule has 0 aromatic heterocycles. The first-order valence-corrected chi connectivity index (χ1v) is 28.7. The fourth-order valence-electron chi connectivity index (χ4n) is 9.59. The zero-order chi connectivity index (χ0) is 49.8. The molecule has 0 radical (unpaired) electrons. The van der Waals surface area contributed by atoms with Crippen molar-refractivity contribution in [2.45, 2.75) is 244 Å². The number of hydrogen-bond donors (Lipinski definition) is 4. The molecule has 4 N–H and O–H groups in total. The number of ether oxygens (including phenoxy) is 3. The Morgan fingerprint density at radius 3 is 1.33 bits per heavy atom. The monoisotopic (exact) mass is 977 g/mol. The third kappa shape index (κ3) is 31.3. The maximum absolute atomic E-state index is 13.8. The quantitative estimate of drug-likeness (QED) is 0.0435. The van der Waals surface area contributed by atoms with Gasteiger partial charge < -0.3 is 45.3 Å². The van der Waals surface area contributed by atoms with E-state index in [1.54, 1.807) is 9.80 Å². The van der Waals surface area contributed by atoms with E-state index < -0.39 is 18.1 Å². The number of hydrogen-bond acceptors (Lipinski definition) is 9. The first-order valence-electron chi connectivity index (χ1n) is 28.7. The van der Waals surface area contributed by atoms with Crippen LogP contribution in [-0.4, -0.2) is 137 Å². The first-order chi connectivity index (χ1) is 33.8. The number of nitrogens with zero attached hydrogens (tertiary/aromatic N) is 2. The Bertz CT molecular complexity index is 1310. The number of nitrogens with one attached hydrogen (secondary N) is 4. The maximum Gasteiger partial charge on any atom is 0.243 e. The Labute approximate surface area is 420 Å². The van der Waals surface area contributed by atoms with Crippen LogP contribution in [0.1, 0.15) is 226 Å². The van der Waals surface area contributed by atoms with Gasteiger partial charge in [0, 0.05) is 52.2 Å². The number of carbonyl (C=O) groups excluding carboxylic acids is 5. The van der Waals surface area contributed by atoms with Crippen LogP contribution >= 0.6 is 0 Å². The van der Waals surface area contributed by atoms with E-state index in [1.807, 2.05) is 7.05 Å². The number of rotatable bonds is 47. The highest BCUT2D eigenvalue weighted by Gasteiger charge is 2.36. The maximum atomic E-state index is 13.8. The number of unbranched alkanes of at least 4 members (excludes halogenated alkanes) is 21. The van der Waals surface area contributed by atoms with Crippen LogP contribution in [0, 0.1) is 0 Å². The molecule has 2 rings (SSSR count). The lowest BCUT2D eigenvalue weighted by Gasteiger charge is -2.26. The molecule has 3 unspecified atom stereocenters. The fourth-order valence-corrected chi connectivity index (χ4v) is 9.59. The Balaban J connectivity index is 1.78. The Morgan fingerprint density at radius 2 is 0.870 bits per heavy atom. The van der Waals surface area contributed by atoms with E-state index in [4.69, 9.17) is 14.2 Å². The van der Waals surface area contributed by atoms with E-state index >= 15 is 0 Å². The van der Waals surface area contributed by atoms with Gasteiger partial charge in [-0.15, -0.1) is 0 Å². The second-order valence-corrected chi connectivity index (χ2v) is 19.8. The zero-order valence-electron chi connectivity index (χ0n) is 44.5. The molecule has 2 aliphatic rings. The van der Waals surface area contributed by atoms with Gasteiger partial charge in [0.05, 0.1) is 26.4 Å². The van der Waals surface area contributed by atoms with Crippen molar-refractivity contribution < 1.29 is 38.2 Å². The molecule has 2 heterocycles. The van der Waals surface area contributed by atoms with Gasteiger partial charge in [-0.05, 0) is 84.2 Å². The van der Waals surface area contributed by atoms with Crippen molar-refractivity contribution in [2.24, 2.45) is 0 Å². The van der Waals surface area contributed by atoms with Gasteiger partial charge >= 0.3 is 0 Å². The van der Waals surface area contributed by atoms with Crippen molar-refractivity contribution in [1.29, 1.82) is 0 Å². The summed E-state index contributed by atoms with van der Waals surface area (Å²) in [5.74, 6) is -0.548. The lowest BCUT2D eigenvalue weighted by Crippen LogP contribution is -2.53. The van der Waals surface area contributed by atoms with E-state index in [2.05, 4.69) is 35.1 Å². The molecule has 0 aromatic rings. The summed E-state index contributed by atoms with van der Waals surface area (Å²) in [5, 5.41) is 12.2. The molecule has 5 amide bonds. The van der Waals surface area contributed by atoms with Crippen LogP contribution in [0.15, 0.2) is 0 Å². The van der Waals surface area contributed by atoms with Crippen LogP contribution in [-0.2, 0) is 38.2 Å². The van der Waals surface area contributed by atoms with E-state index in [1.165, 1.54) is 103 Å². The largest absolute Gasteiger partial charge is 0.379 e. The average Bonchev–Trinajstić information content (AvgIpc) is 4.06. The lowest BCUT2D eigenvalue weighted by atomic mass is 10.0. The standard InChI is InChI=1S/C55H104N6O8/c1-4-6-8-10-12-14-16-18-20-22-24-35-51(62)60-40-28-33-49(60)54(65)58-38-27-26-32-48(53(64)57-39-31-43-68-45-47-69-46-44-67-42-30-37-56-3)59-55(66)50-34-29-41-61(50)52(63)36-25-23-21-19-17-15-13-11-9-7-5-2/h48-50,56H,4-47H2,1-3H3,(H,57,64)(H,58,65)(H,59,66). The summed E-state index contributed by atoms with van der Waals surface area (Å²) in [6.07, 6.45) is 33.9. The summed E-state index contributed by atoms with van der Waals surface area (Å²) in [6, 6.07) is -1.78. The summed E-state index contributed by atoms with van der Waals surface area (Å²) < 4.78 is 16.8. The minimum absolute atomic E-state index is 0.0239. The molecule has 0 aromatic carbocycles. The molecule has 2 saturated heterocycles. The van der Waals surface area contributed by atoms with Crippen molar-refractivity contribution in [3.05, 3.63) is 0 Å². The molecule has 3 atom stereocenters. The zero-order valence-corrected chi connectivity index (χ0v) is 44.5. The summed E-state index contributed by atoms with van der Waals surface area (Å²) in [6.45, 7) is 10.6. The summed E-state index contributed by atoms with van der Waals surface area (Å²) in [7, 11) is 1.92. The molecule has 14 heteroatoms. The predicted octanol–water partition coefficient (Wildman–Crippen LogP) is 9.31. The van der Waals surface area contributed by atoms with E-state index in [0.29, 0.717) is 117 Å². The van der Waals surface area contributed by atoms with Crippen LogP contribution in [0.4, 0.5) is 0 Å². The van der Waals surface area contributed by atoms with E-state index in [-0.39, 0.29) is 29.5 Å². The number of likely N-dealkylation sites (tertiary alicyclic amines) is 2. The molecular weight excluding hydrogens is 873 g/mol. The van der Waals surface area contributed by atoms with E-state index in [0.717, 1.165) is 64.3 Å². The van der Waals surface area contributed by atoms with Gasteiger partial charge in [-0.3, -0.25) is 24.0 Å². The van der Waals surface area contributed by atoms with Crippen LogP contribution in [0.2, 0.25) is 0 Å². The third-order valence-electron chi connectivity index (χ3n) is 13.8. The van der Waals surface area contributed by atoms with Gasteiger partial charge in [0.25, 0.3) is 0 Å². The van der Waals surface area contributed by atoms with Gasteiger partial charge in [0.15, 0.2) is 0 Å². The van der Waals surface area contributed by atoms with Crippen molar-refractivity contribution in [3.63, 3.8) is 0 Å². The lowest BCUT2D eigenvalue weighted by molar-refractivity contribution is -0.139. The van der Waals surface area contributed by atoms with Crippen LogP contribution in [0.5, 0.6) is 0 Å². The molecule has 14 nitrogen and oxygen atoms in total. The molecule has 0 bridgehead atoms. The van der Waals surface area contributed by atoms with Gasteiger partial charge in [0.1, 0.15) is 18.1 Å². The van der Waals surface area contributed by atoms with Gasteiger partial charge in [0.2, 0.25) is 29.5 Å². The van der Waals surface area contributed by atoms with E-state index in [9.17, 15) is 24.0 Å². The fraction of sp³-hybridized carbons (Fsp3) is 0.909. The molecule has 2 fully saturated rings. The topological polar surface area (TPSA) is 168 Å². The SMILES string of the molecule is CCCCCCCCCCCCCC(=O)N1CCCC1C(=O)NCCCCC(NC(=O)C1CCCN1C(=O)CCCCCCCCCCCCC)C(=O)NCCCOCCOCCOCCCNC. The van der Waals surface area contributed by atoms with Crippen molar-refractivity contribution in [3.8, 4) is 0 Å². The molecular formula is C55H104N6O8.